The van der Waals surface area contributed by atoms with E-state index in [9.17, 15) is 14.7 Å². The third-order valence-corrected chi connectivity index (χ3v) is 7.19. The summed E-state index contributed by atoms with van der Waals surface area (Å²) in [7, 11) is 0. The molecular weight excluding hydrogens is 414 g/mol. The molecule has 0 saturated carbocycles. The minimum absolute atomic E-state index is 0.0356. The van der Waals surface area contributed by atoms with Crippen LogP contribution in [0.5, 0.6) is 0 Å². The molecule has 2 bridgehead atoms. The SMILES string of the molecule is O=C(O)[C@H](c1c(-c2ccccc2)[nH]c2ccccc12)N1C[C@@H]2C[C@@H](C1)c1cccc(=O)n1C2. The van der Waals surface area contributed by atoms with Gasteiger partial charge in [-0.05, 0) is 30.0 Å². The number of hydrogen-bond acceptors (Lipinski definition) is 3. The first-order valence-corrected chi connectivity index (χ1v) is 11.4. The van der Waals surface area contributed by atoms with Gasteiger partial charge in [-0.1, -0.05) is 54.6 Å². The van der Waals surface area contributed by atoms with Crippen molar-refractivity contribution >= 4 is 16.9 Å². The highest BCUT2D eigenvalue weighted by Gasteiger charge is 2.41. The van der Waals surface area contributed by atoms with E-state index in [1.165, 1.54) is 0 Å². The lowest BCUT2D eigenvalue weighted by atomic mass is 9.81. The van der Waals surface area contributed by atoms with Crippen LogP contribution in [0.4, 0.5) is 0 Å². The molecule has 6 nitrogen and oxygen atoms in total. The van der Waals surface area contributed by atoms with Crippen molar-refractivity contribution in [1.82, 2.24) is 14.5 Å². The fourth-order valence-corrected chi connectivity index (χ4v) is 5.89. The Morgan fingerprint density at radius 1 is 0.939 bits per heavy atom. The Labute approximate surface area is 191 Å². The summed E-state index contributed by atoms with van der Waals surface area (Å²) in [5.74, 6) is -0.440. The minimum Gasteiger partial charge on any atom is -0.480 e. The van der Waals surface area contributed by atoms with E-state index in [4.69, 9.17) is 0 Å². The normalized spacial score (nSPS) is 21.0. The van der Waals surface area contributed by atoms with Gasteiger partial charge in [0.25, 0.3) is 5.56 Å². The third kappa shape index (κ3) is 3.29. The number of carbonyl (C=O) groups is 1. The van der Waals surface area contributed by atoms with Crippen LogP contribution in [-0.2, 0) is 11.3 Å². The van der Waals surface area contributed by atoms with Gasteiger partial charge in [0.15, 0.2) is 0 Å². The van der Waals surface area contributed by atoms with E-state index in [1.807, 2.05) is 71.3 Å². The molecule has 6 heteroatoms. The van der Waals surface area contributed by atoms with Gasteiger partial charge in [0, 0.05) is 53.8 Å². The zero-order valence-corrected chi connectivity index (χ0v) is 18.1. The maximum atomic E-state index is 12.8. The lowest BCUT2D eigenvalue weighted by molar-refractivity contribution is -0.144. The Morgan fingerprint density at radius 2 is 1.73 bits per heavy atom. The van der Waals surface area contributed by atoms with Crippen molar-refractivity contribution in [3.05, 3.63) is 94.4 Å². The predicted molar refractivity (Wildman–Crippen MR) is 127 cm³/mol. The fraction of sp³-hybridized carbons (Fsp3) is 0.259. The van der Waals surface area contributed by atoms with Crippen LogP contribution in [0.15, 0.2) is 77.6 Å². The zero-order chi connectivity index (χ0) is 22.5. The quantitative estimate of drug-likeness (QED) is 0.499. The predicted octanol–water partition coefficient (Wildman–Crippen LogP) is 4.24. The van der Waals surface area contributed by atoms with Crippen LogP contribution in [-0.4, -0.2) is 38.6 Å². The van der Waals surface area contributed by atoms with Gasteiger partial charge in [-0.25, -0.2) is 0 Å². The second-order valence-electron chi connectivity index (χ2n) is 9.22. The molecule has 4 heterocycles. The minimum atomic E-state index is -0.845. The maximum Gasteiger partial charge on any atom is 0.325 e. The van der Waals surface area contributed by atoms with Crippen molar-refractivity contribution in [2.75, 3.05) is 13.1 Å². The first-order valence-electron chi connectivity index (χ1n) is 11.4. The first-order chi connectivity index (χ1) is 16.1. The molecule has 2 aromatic heterocycles. The summed E-state index contributed by atoms with van der Waals surface area (Å²) < 4.78 is 1.88. The third-order valence-electron chi connectivity index (χ3n) is 7.19. The van der Waals surface area contributed by atoms with Gasteiger partial charge in [0.1, 0.15) is 6.04 Å². The monoisotopic (exact) mass is 439 g/mol. The van der Waals surface area contributed by atoms with Crippen molar-refractivity contribution in [1.29, 1.82) is 0 Å². The Balaban J connectivity index is 1.48. The number of benzene rings is 2. The van der Waals surface area contributed by atoms with Crippen LogP contribution >= 0.6 is 0 Å². The van der Waals surface area contributed by atoms with Gasteiger partial charge in [-0.2, -0.15) is 0 Å². The molecule has 2 aromatic carbocycles. The Kier molecular flexibility index (Phi) is 4.69. The maximum absolute atomic E-state index is 12.8. The molecule has 3 atom stereocenters. The highest BCUT2D eigenvalue weighted by atomic mass is 16.4. The van der Waals surface area contributed by atoms with Crippen molar-refractivity contribution in [3.8, 4) is 11.3 Å². The zero-order valence-electron chi connectivity index (χ0n) is 18.1. The van der Waals surface area contributed by atoms with Crippen LogP contribution in [0.2, 0.25) is 0 Å². The van der Waals surface area contributed by atoms with E-state index in [0.717, 1.165) is 39.8 Å². The average molecular weight is 440 g/mol. The van der Waals surface area contributed by atoms with Crippen LogP contribution in [0.25, 0.3) is 22.2 Å². The molecule has 0 unspecified atom stereocenters. The molecule has 166 valence electrons. The number of nitrogens with one attached hydrogen (secondary N) is 1. The second-order valence-corrected chi connectivity index (χ2v) is 9.22. The first kappa shape index (κ1) is 20.0. The van der Waals surface area contributed by atoms with Gasteiger partial charge >= 0.3 is 5.97 Å². The number of aliphatic carboxylic acids is 1. The summed E-state index contributed by atoms with van der Waals surface area (Å²) in [6.45, 7) is 1.92. The van der Waals surface area contributed by atoms with Crippen molar-refractivity contribution in [2.45, 2.75) is 24.9 Å². The number of pyridine rings is 1. The number of H-pyrrole nitrogens is 1. The standard InChI is InChI=1S/C27H25N3O3/c31-23-12-6-11-22-19-13-17(15-30(22)23)14-29(16-19)26(27(32)33)24-20-9-4-5-10-21(20)28-25(24)18-7-2-1-3-8-18/h1-12,17,19,26,28H,13-16H2,(H,32,33)/t17-,19-,26-/m0/s1. The molecule has 0 amide bonds. The Bertz CT molecular complexity index is 1410. The Hall–Kier alpha value is -3.64. The number of carboxylic acids is 1. The van der Waals surface area contributed by atoms with Gasteiger partial charge in [0.05, 0.1) is 5.69 Å². The van der Waals surface area contributed by atoms with Gasteiger partial charge < -0.3 is 14.7 Å². The topological polar surface area (TPSA) is 78.3 Å². The van der Waals surface area contributed by atoms with Crippen LogP contribution in [0.3, 0.4) is 0 Å². The number of aromatic nitrogens is 2. The van der Waals surface area contributed by atoms with E-state index in [1.54, 1.807) is 6.07 Å². The van der Waals surface area contributed by atoms with Crippen LogP contribution < -0.4 is 5.56 Å². The number of fused-ring (bicyclic) bond motifs is 5. The molecule has 0 aliphatic carbocycles. The number of para-hydroxylation sites is 1. The molecule has 2 aliphatic heterocycles. The van der Waals surface area contributed by atoms with E-state index in [0.29, 0.717) is 19.6 Å². The van der Waals surface area contributed by atoms with Crippen LogP contribution in [0, 0.1) is 5.92 Å². The Morgan fingerprint density at radius 3 is 2.55 bits per heavy atom. The number of carboxylic acid groups (broad SMARTS) is 1. The van der Waals surface area contributed by atoms with Gasteiger partial charge in [-0.15, -0.1) is 0 Å². The number of nitrogens with zero attached hydrogens (tertiary/aromatic N) is 2. The summed E-state index contributed by atoms with van der Waals surface area (Å²) in [6.07, 6.45) is 0.992. The molecule has 1 saturated heterocycles. The van der Waals surface area contributed by atoms with E-state index in [-0.39, 0.29) is 17.4 Å². The lowest BCUT2D eigenvalue weighted by Gasteiger charge is -2.44. The molecule has 1 fully saturated rings. The molecular formula is C27H25N3O3. The highest BCUT2D eigenvalue weighted by molar-refractivity contribution is 5.95. The summed E-state index contributed by atoms with van der Waals surface area (Å²) in [4.78, 5) is 30.8. The molecule has 6 rings (SSSR count). The molecule has 33 heavy (non-hydrogen) atoms. The van der Waals surface area contributed by atoms with E-state index in [2.05, 4.69) is 9.88 Å². The van der Waals surface area contributed by atoms with Gasteiger partial charge in [0.2, 0.25) is 0 Å². The molecule has 0 spiro atoms. The number of hydrogen-bond donors (Lipinski definition) is 2. The van der Waals surface area contributed by atoms with Crippen molar-refractivity contribution < 1.29 is 9.90 Å². The van der Waals surface area contributed by atoms with Crippen LogP contribution in [0.1, 0.15) is 29.6 Å². The highest BCUT2D eigenvalue weighted by Crippen LogP contribution is 2.42. The number of likely N-dealkylation sites (tertiary alicyclic amines) is 1. The van der Waals surface area contributed by atoms with Crippen molar-refractivity contribution in [3.63, 3.8) is 0 Å². The smallest absolute Gasteiger partial charge is 0.325 e. The number of rotatable bonds is 4. The molecule has 0 radical (unpaired) electrons. The average Bonchev–Trinajstić information content (AvgIpc) is 3.20. The van der Waals surface area contributed by atoms with Crippen molar-refractivity contribution in [2.24, 2.45) is 5.92 Å². The summed E-state index contributed by atoms with van der Waals surface area (Å²) in [6, 6.07) is 22.5. The molecule has 4 aromatic rings. The van der Waals surface area contributed by atoms with E-state index < -0.39 is 12.0 Å². The van der Waals surface area contributed by atoms with Gasteiger partial charge in [-0.3, -0.25) is 14.5 Å². The summed E-state index contributed by atoms with van der Waals surface area (Å²) >= 11 is 0. The second kappa shape index (κ2) is 7.74. The lowest BCUT2D eigenvalue weighted by Crippen LogP contribution is -2.49. The molecule has 2 aliphatic rings. The van der Waals surface area contributed by atoms with E-state index >= 15 is 0 Å². The molecule has 2 N–H and O–H groups in total. The number of aromatic amines is 1. The number of piperidine rings is 1. The summed E-state index contributed by atoms with van der Waals surface area (Å²) in [5.41, 5.74) is 4.64. The fourth-order valence-electron chi connectivity index (χ4n) is 5.89. The largest absolute Gasteiger partial charge is 0.480 e. The summed E-state index contributed by atoms with van der Waals surface area (Å²) in [5, 5.41) is 11.5.